The Morgan fingerprint density at radius 2 is 1.94 bits per heavy atom. The van der Waals surface area contributed by atoms with Gasteiger partial charge in [-0.1, -0.05) is 6.07 Å². The summed E-state index contributed by atoms with van der Waals surface area (Å²) >= 11 is 0. The third kappa shape index (κ3) is 2.00. The summed E-state index contributed by atoms with van der Waals surface area (Å²) in [7, 11) is 0. The van der Waals surface area contributed by atoms with Gasteiger partial charge in [0.05, 0.1) is 5.92 Å². The summed E-state index contributed by atoms with van der Waals surface area (Å²) in [5.41, 5.74) is -0.135. The van der Waals surface area contributed by atoms with E-state index in [4.69, 9.17) is 5.84 Å². The smallest absolute Gasteiger partial charge is 0.244 e. The molecule has 0 radical (unpaired) electrons. The van der Waals surface area contributed by atoms with Crippen LogP contribution in [0.2, 0.25) is 0 Å². The van der Waals surface area contributed by atoms with Gasteiger partial charge in [0.15, 0.2) is 17.5 Å². The number of benzene rings is 1. The molecule has 1 heterocycles. The average Bonchev–Trinajstić information content (AvgIpc) is 2.31. The summed E-state index contributed by atoms with van der Waals surface area (Å²) in [6.45, 7) is 0.390. The highest BCUT2D eigenvalue weighted by Crippen LogP contribution is 2.30. The number of halogens is 3. The molecule has 6 heteroatoms. The maximum Gasteiger partial charge on any atom is 0.244 e. The lowest BCUT2D eigenvalue weighted by Gasteiger charge is -2.29. The first-order valence-corrected chi connectivity index (χ1v) is 5.22. The van der Waals surface area contributed by atoms with Crippen LogP contribution in [0.4, 0.5) is 13.2 Å². The molecule has 3 nitrogen and oxygen atoms in total. The molecule has 0 saturated carbocycles. The van der Waals surface area contributed by atoms with Gasteiger partial charge in [-0.2, -0.15) is 0 Å². The Labute approximate surface area is 96.0 Å². The Hall–Kier alpha value is -1.56. The van der Waals surface area contributed by atoms with E-state index < -0.39 is 29.3 Å². The zero-order chi connectivity index (χ0) is 12.6. The van der Waals surface area contributed by atoms with E-state index in [1.54, 1.807) is 0 Å². The number of nitrogens with zero attached hydrogens (tertiary/aromatic N) is 1. The fourth-order valence-corrected chi connectivity index (χ4v) is 2.00. The maximum absolute atomic E-state index is 13.5. The van der Waals surface area contributed by atoms with Crippen molar-refractivity contribution in [2.24, 2.45) is 5.84 Å². The van der Waals surface area contributed by atoms with Gasteiger partial charge in [-0.25, -0.2) is 19.0 Å². The fourth-order valence-electron chi connectivity index (χ4n) is 2.00. The van der Waals surface area contributed by atoms with E-state index in [9.17, 15) is 18.0 Å². The minimum atomic E-state index is -1.55. The standard InChI is InChI=1S/C11H11F3N2O/c12-8-4-3-6(9(13)10(8)14)7-2-1-5-16(15)11(7)17/h3-4,7H,1-2,5,15H2. The summed E-state index contributed by atoms with van der Waals surface area (Å²) in [5, 5.41) is 0.981. The second-order valence-corrected chi connectivity index (χ2v) is 3.99. The van der Waals surface area contributed by atoms with Crippen LogP contribution in [0, 0.1) is 17.5 Å². The molecule has 0 aliphatic carbocycles. The van der Waals surface area contributed by atoms with Crippen molar-refractivity contribution in [3.8, 4) is 0 Å². The Morgan fingerprint density at radius 3 is 2.65 bits per heavy atom. The van der Waals surface area contributed by atoms with E-state index in [-0.39, 0.29) is 5.56 Å². The zero-order valence-corrected chi connectivity index (χ0v) is 8.92. The normalized spacial score (nSPS) is 20.8. The average molecular weight is 244 g/mol. The second-order valence-electron chi connectivity index (χ2n) is 3.99. The monoisotopic (exact) mass is 244 g/mol. The lowest BCUT2D eigenvalue weighted by molar-refractivity contribution is -0.135. The number of piperidine rings is 1. The fraction of sp³-hybridized carbons (Fsp3) is 0.364. The molecule has 1 fully saturated rings. The van der Waals surface area contributed by atoms with Crippen LogP contribution in [-0.4, -0.2) is 17.5 Å². The predicted molar refractivity (Wildman–Crippen MR) is 54.2 cm³/mol. The molecule has 1 aromatic rings. The molecule has 1 amide bonds. The van der Waals surface area contributed by atoms with Gasteiger partial charge in [-0.3, -0.25) is 9.80 Å². The van der Waals surface area contributed by atoms with Crippen molar-refractivity contribution in [2.75, 3.05) is 6.54 Å². The molecule has 1 saturated heterocycles. The van der Waals surface area contributed by atoms with Crippen molar-refractivity contribution in [1.82, 2.24) is 5.01 Å². The molecule has 1 atom stereocenters. The summed E-state index contributed by atoms with van der Waals surface area (Å²) in [6.07, 6.45) is 0.986. The van der Waals surface area contributed by atoms with Crippen molar-refractivity contribution in [3.05, 3.63) is 35.1 Å². The van der Waals surface area contributed by atoms with Crippen LogP contribution in [0.25, 0.3) is 0 Å². The van der Waals surface area contributed by atoms with Gasteiger partial charge in [-0.05, 0) is 18.9 Å². The first-order valence-electron chi connectivity index (χ1n) is 5.22. The number of carbonyl (C=O) groups excluding carboxylic acids is 1. The number of rotatable bonds is 1. The minimum absolute atomic E-state index is 0.135. The maximum atomic E-state index is 13.5. The van der Waals surface area contributed by atoms with Crippen molar-refractivity contribution in [3.63, 3.8) is 0 Å². The van der Waals surface area contributed by atoms with E-state index in [0.717, 1.165) is 17.1 Å². The molecular formula is C11H11F3N2O. The second kappa shape index (κ2) is 4.37. The summed E-state index contributed by atoms with van der Waals surface area (Å²) in [4.78, 5) is 11.7. The lowest BCUT2D eigenvalue weighted by Crippen LogP contribution is -2.44. The quantitative estimate of drug-likeness (QED) is 0.464. The van der Waals surface area contributed by atoms with Crippen LogP contribution in [0.3, 0.4) is 0 Å². The van der Waals surface area contributed by atoms with Crippen LogP contribution in [-0.2, 0) is 4.79 Å². The number of carbonyl (C=O) groups is 1. The number of hydrazine groups is 1. The molecule has 2 rings (SSSR count). The molecule has 1 aliphatic heterocycles. The molecule has 0 bridgehead atoms. The number of hydrogen-bond donors (Lipinski definition) is 1. The Morgan fingerprint density at radius 1 is 1.24 bits per heavy atom. The van der Waals surface area contributed by atoms with Crippen molar-refractivity contribution in [2.45, 2.75) is 18.8 Å². The van der Waals surface area contributed by atoms with Gasteiger partial charge in [-0.15, -0.1) is 0 Å². The molecular weight excluding hydrogens is 233 g/mol. The SMILES string of the molecule is NN1CCCC(c2ccc(F)c(F)c2F)C1=O. The highest BCUT2D eigenvalue weighted by Gasteiger charge is 2.31. The molecule has 1 unspecified atom stereocenters. The highest BCUT2D eigenvalue weighted by molar-refractivity contribution is 5.84. The molecule has 1 aliphatic rings. The van der Waals surface area contributed by atoms with Gasteiger partial charge >= 0.3 is 0 Å². The van der Waals surface area contributed by atoms with E-state index in [1.165, 1.54) is 0 Å². The van der Waals surface area contributed by atoms with E-state index in [1.807, 2.05) is 0 Å². The first-order chi connectivity index (χ1) is 8.02. The van der Waals surface area contributed by atoms with Crippen LogP contribution < -0.4 is 5.84 Å². The van der Waals surface area contributed by atoms with Gasteiger partial charge in [0, 0.05) is 12.1 Å². The molecule has 0 aromatic heterocycles. The highest BCUT2D eigenvalue weighted by atomic mass is 19.2. The Kier molecular flexibility index (Phi) is 3.06. The van der Waals surface area contributed by atoms with Crippen LogP contribution in [0.15, 0.2) is 12.1 Å². The largest absolute Gasteiger partial charge is 0.280 e. The topological polar surface area (TPSA) is 46.3 Å². The van der Waals surface area contributed by atoms with E-state index >= 15 is 0 Å². The van der Waals surface area contributed by atoms with Crippen LogP contribution in [0.5, 0.6) is 0 Å². The molecule has 1 aromatic carbocycles. The van der Waals surface area contributed by atoms with Crippen molar-refractivity contribution in [1.29, 1.82) is 0 Å². The van der Waals surface area contributed by atoms with Crippen LogP contribution in [0.1, 0.15) is 24.3 Å². The molecule has 0 spiro atoms. The number of hydrogen-bond acceptors (Lipinski definition) is 2. The van der Waals surface area contributed by atoms with E-state index in [0.29, 0.717) is 19.4 Å². The van der Waals surface area contributed by atoms with Crippen molar-refractivity contribution < 1.29 is 18.0 Å². The molecule has 92 valence electrons. The van der Waals surface area contributed by atoms with Crippen molar-refractivity contribution >= 4 is 5.91 Å². The van der Waals surface area contributed by atoms with Crippen LogP contribution >= 0.6 is 0 Å². The lowest BCUT2D eigenvalue weighted by atomic mass is 9.90. The molecule has 2 N–H and O–H groups in total. The first kappa shape index (κ1) is 11.9. The zero-order valence-electron chi connectivity index (χ0n) is 8.92. The molecule has 17 heavy (non-hydrogen) atoms. The number of nitrogens with two attached hydrogens (primary N) is 1. The summed E-state index contributed by atoms with van der Waals surface area (Å²) in [5.74, 6) is -0.00634. The summed E-state index contributed by atoms with van der Waals surface area (Å²) in [6, 6.07) is 1.91. The minimum Gasteiger partial charge on any atom is -0.280 e. The van der Waals surface area contributed by atoms with Gasteiger partial charge < -0.3 is 0 Å². The third-order valence-corrected chi connectivity index (χ3v) is 2.91. The Bertz CT molecular complexity index is 464. The summed E-state index contributed by atoms with van der Waals surface area (Å²) < 4.78 is 39.4. The van der Waals surface area contributed by atoms with Gasteiger partial charge in [0.2, 0.25) is 5.91 Å². The predicted octanol–water partition coefficient (Wildman–Crippen LogP) is 1.68. The number of amides is 1. The van der Waals surface area contributed by atoms with E-state index in [2.05, 4.69) is 0 Å². The Balaban J connectivity index is 2.40. The van der Waals surface area contributed by atoms with Gasteiger partial charge in [0.25, 0.3) is 0 Å². The van der Waals surface area contributed by atoms with Gasteiger partial charge in [0.1, 0.15) is 0 Å². The third-order valence-electron chi connectivity index (χ3n) is 2.91.